The van der Waals surface area contributed by atoms with Gasteiger partial charge in [0.05, 0.1) is 19.3 Å². The van der Waals surface area contributed by atoms with E-state index in [9.17, 15) is 0 Å². The summed E-state index contributed by atoms with van der Waals surface area (Å²) < 4.78 is 10.6. The minimum Gasteiger partial charge on any atom is -0.383 e. The van der Waals surface area contributed by atoms with Crippen LogP contribution >= 0.6 is 0 Å². The number of methoxy groups -OCH3 is 2. The van der Waals surface area contributed by atoms with E-state index < -0.39 is 0 Å². The van der Waals surface area contributed by atoms with Crippen LogP contribution in [0, 0.1) is 0 Å². The Morgan fingerprint density at radius 2 is 1.72 bits per heavy atom. The second-order valence-electron chi connectivity index (χ2n) is 4.53. The molecule has 0 bridgehead atoms. The van der Waals surface area contributed by atoms with Gasteiger partial charge in [-0.3, -0.25) is 0 Å². The van der Waals surface area contributed by atoms with E-state index in [1.165, 1.54) is 5.56 Å². The zero-order chi connectivity index (χ0) is 13.2. The molecule has 0 spiro atoms. The van der Waals surface area contributed by atoms with E-state index in [1.54, 1.807) is 14.2 Å². The molecule has 0 aliphatic rings. The molecular formula is C15H25NO2. The molecule has 1 aromatic rings. The summed E-state index contributed by atoms with van der Waals surface area (Å²) in [6.45, 7) is 3.60. The molecule has 1 N–H and O–H groups in total. The van der Waals surface area contributed by atoms with Crippen molar-refractivity contribution in [3.63, 3.8) is 0 Å². The molecule has 0 amide bonds. The highest BCUT2D eigenvalue weighted by Crippen LogP contribution is 2.15. The van der Waals surface area contributed by atoms with Crippen molar-refractivity contribution in [1.29, 1.82) is 0 Å². The van der Waals surface area contributed by atoms with Crippen molar-refractivity contribution in [3.8, 4) is 0 Å². The van der Waals surface area contributed by atoms with Gasteiger partial charge in [0.15, 0.2) is 0 Å². The Morgan fingerprint density at radius 3 is 2.28 bits per heavy atom. The van der Waals surface area contributed by atoms with Crippen molar-refractivity contribution in [1.82, 2.24) is 5.32 Å². The van der Waals surface area contributed by atoms with Crippen molar-refractivity contribution in [2.75, 3.05) is 27.4 Å². The number of benzene rings is 1. The van der Waals surface area contributed by atoms with Gasteiger partial charge in [0, 0.05) is 20.3 Å². The number of nitrogens with one attached hydrogen (secondary N) is 1. The molecule has 18 heavy (non-hydrogen) atoms. The highest BCUT2D eigenvalue weighted by molar-refractivity contribution is 5.19. The van der Waals surface area contributed by atoms with E-state index >= 15 is 0 Å². The summed E-state index contributed by atoms with van der Waals surface area (Å²) in [7, 11) is 3.49. The zero-order valence-corrected chi connectivity index (χ0v) is 11.7. The van der Waals surface area contributed by atoms with Crippen LogP contribution in [0.25, 0.3) is 0 Å². The fourth-order valence-electron chi connectivity index (χ4n) is 2.14. The van der Waals surface area contributed by atoms with Gasteiger partial charge in [-0.1, -0.05) is 43.7 Å². The lowest BCUT2D eigenvalue weighted by Crippen LogP contribution is -2.38. The molecular weight excluding hydrogens is 226 g/mol. The maximum Gasteiger partial charge on any atom is 0.0657 e. The number of ether oxygens (including phenoxy) is 2. The molecule has 0 aliphatic heterocycles. The van der Waals surface area contributed by atoms with Gasteiger partial charge in [-0.25, -0.2) is 0 Å². The first-order chi connectivity index (χ1) is 8.81. The lowest BCUT2D eigenvalue weighted by Gasteiger charge is -2.25. The summed E-state index contributed by atoms with van der Waals surface area (Å²) in [5.41, 5.74) is 1.26. The lowest BCUT2D eigenvalue weighted by molar-refractivity contribution is 0.127. The minimum absolute atomic E-state index is 0.225. The topological polar surface area (TPSA) is 30.5 Å². The molecule has 0 fully saturated rings. The first-order valence-electron chi connectivity index (χ1n) is 6.60. The predicted octanol–water partition coefficient (Wildman–Crippen LogP) is 2.78. The van der Waals surface area contributed by atoms with Crippen LogP contribution in [0.15, 0.2) is 30.3 Å². The van der Waals surface area contributed by atoms with Gasteiger partial charge in [0.1, 0.15) is 0 Å². The fourth-order valence-corrected chi connectivity index (χ4v) is 2.14. The lowest BCUT2D eigenvalue weighted by atomic mass is 10.1. The highest BCUT2D eigenvalue weighted by atomic mass is 16.5. The zero-order valence-electron chi connectivity index (χ0n) is 11.7. The van der Waals surface area contributed by atoms with Crippen LogP contribution in [-0.2, 0) is 9.47 Å². The standard InChI is InChI=1S/C15H25NO2/c1-4-8-14(11-17-2)16-15(12-18-3)13-9-6-5-7-10-13/h5-7,9-10,14-16H,4,8,11-12H2,1-3H3. The van der Waals surface area contributed by atoms with E-state index in [-0.39, 0.29) is 6.04 Å². The average Bonchev–Trinajstić information content (AvgIpc) is 2.40. The molecule has 3 heteroatoms. The maximum absolute atomic E-state index is 5.31. The second-order valence-corrected chi connectivity index (χ2v) is 4.53. The molecule has 102 valence electrons. The quantitative estimate of drug-likeness (QED) is 0.732. The van der Waals surface area contributed by atoms with Crippen molar-refractivity contribution in [2.45, 2.75) is 31.8 Å². The Kier molecular flexibility index (Phi) is 7.65. The van der Waals surface area contributed by atoms with Gasteiger partial charge in [-0.2, -0.15) is 0 Å². The van der Waals surface area contributed by atoms with Gasteiger partial charge >= 0.3 is 0 Å². The predicted molar refractivity (Wildman–Crippen MR) is 74.8 cm³/mol. The third-order valence-electron chi connectivity index (χ3n) is 2.98. The third-order valence-corrected chi connectivity index (χ3v) is 2.98. The SMILES string of the molecule is CCCC(COC)NC(COC)c1ccccc1. The van der Waals surface area contributed by atoms with Crippen LogP contribution in [0.5, 0.6) is 0 Å². The molecule has 2 atom stereocenters. The van der Waals surface area contributed by atoms with Crippen LogP contribution in [0.3, 0.4) is 0 Å². The first kappa shape index (κ1) is 15.2. The molecule has 1 rings (SSSR count). The Morgan fingerprint density at radius 1 is 1.06 bits per heavy atom. The van der Waals surface area contributed by atoms with Crippen LogP contribution in [0.2, 0.25) is 0 Å². The average molecular weight is 251 g/mol. The van der Waals surface area contributed by atoms with Crippen molar-refractivity contribution < 1.29 is 9.47 Å². The van der Waals surface area contributed by atoms with E-state index in [0.717, 1.165) is 19.4 Å². The Hall–Kier alpha value is -0.900. The summed E-state index contributed by atoms with van der Waals surface area (Å²) in [5, 5.41) is 3.62. The van der Waals surface area contributed by atoms with Crippen LogP contribution in [0.4, 0.5) is 0 Å². The van der Waals surface area contributed by atoms with Crippen LogP contribution in [0.1, 0.15) is 31.4 Å². The van der Waals surface area contributed by atoms with Gasteiger partial charge < -0.3 is 14.8 Å². The number of hydrogen-bond donors (Lipinski definition) is 1. The van der Waals surface area contributed by atoms with E-state index in [2.05, 4.69) is 36.5 Å². The number of rotatable bonds is 9. The van der Waals surface area contributed by atoms with Gasteiger partial charge in [-0.15, -0.1) is 0 Å². The fraction of sp³-hybridized carbons (Fsp3) is 0.600. The molecule has 0 aliphatic carbocycles. The Balaban J connectivity index is 2.66. The largest absolute Gasteiger partial charge is 0.383 e. The third kappa shape index (κ3) is 5.17. The molecule has 3 nitrogen and oxygen atoms in total. The molecule has 0 aromatic heterocycles. The summed E-state index contributed by atoms with van der Waals surface area (Å²) in [5.74, 6) is 0. The summed E-state index contributed by atoms with van der Waals surface area (Å²) >= 11 is 0. The Labute approximate surface area is 110 Å². The van der Waals surface area contributed by atoms with Gasteiger partial charge in [0.2, 0.25) is 0 Å². The van der Waals surface area contributed by atoms with E-state index in [1.807, 2.05) is 6.07 Å². The van der Waals surface area contributed by atoms with Crippen LogP contribution < -0.4 is 5.32 Å². The number of hydrogen-bond acceptors (Lipinski definition) is 3. The van der Waals surface area contributed by atoms with Crippen LogP contribution in [-0.4, -0.2) is 33.5 Å². The van der Waals surface area contributed by atoms with E-state index in [0.29, 0.717) is 12.6 Å². The van der Waals surface area contributed by atoms with Crippen molar-refractivity contribution >= 4 is 0 Å². The van der Waals surface area contributed by atoms with Crippen molar-refractivity contribution in [3.05, 3.63) is 35.9 Å². The molecule has 1 aromatic carbocycles. The summed E-state index contributed by atoms with van der Waals surface area (Å²) in [6, 6.07) is 11.0. The van der Waals surface area contributed by atoms with Crippen molar-refractivity contribution in [2.24, 2.45) is 0 Å². The molecule has 0 saturated carbocycles. The molecule has 0 heterocycles. The monoisotopic (exact) mass is 251 g/mol. The summed E-state index contributed by atoms with van der Waals surface area (Å²) in [4.78, 5) is 0. The normalized spacial score (nSPS) is 14.4. The minimum atomic E-state index is 0.225. The molecule has 2 unspecified atom stereocenters. The van der Waals surface area contributed by atoms with Gasteiger partial charge in [0.25, 0.3) is 0 Å². The van der Waals surface area contributed by atoms with E-state index in [4.69, 9.17) is 9.47 Å². The smallest absolute Gasteiger partial charge is 0.0657 e. The van der Waals surface area contributed by atoms with Gasteiger partial charge in [-0.05, 0) is 12.0 Å². The molecule has 0 saturated heterocycles. The summed E-state index contributed by atoms with van der Waals surface area (Å²) in [6.07, 6.45) is 2.26. The molecule has 0 radical (unpaired) electrons. The second kappa shape index (κ2) is 9.09. The Bertz CT molecular complexity index is 297. The highest BCUT2D eigenvalue weighted by Gasteiger charge is 2.16. The first-order valence-corrected chi connectivity index (χ1v) is 6.60. The maximum atomic E-state index is 5.31.